The fourth-order valence-electron chi connectivity index (χ4n) is 3.40. The van der Waals surface area contributed by atoms with Crippen LogP contribution in [0.1, 0.15) is 23.6 Å². The highest BCUT2D eigenvalue weighted by molar-refractivity contribution is 7.89. The van der Waals surface area contributed by atoms with E-state index < -0.39 is 32.9 Å². The van der Waals surface area contributed by atoms with Gasteiger partial charge in [-0.25, -0.2) is 12.8 Å². The van der Waals surface area contributed by atoms with Gasteiger partial charge in [-0.15, -0.1) is 0 Å². The van der Waals surface area contributed by atoms with Crippen LogP contribution in [-0.4, -0.2) is 20.4 Å². The number of hydrogen-bond donors (Lipinski definition) is 2. The fourth-order valence-corrected chi connectivity index (χ4v) is 4.57. The summed E-state index contributed by atoms with van der Waals surface area (Å²) in [6.07, 6.45) is 0. The van der Waals surface area contributed by atoms with Gasteiger partial charge in [0.05, 0.1) is 17.7 Å². The molecule has 0 fully saturated rings. The van der Waals surface area contributed by atoms with Gasteiger partial charge >= 0.3 is 0 Å². The van der Waals surface area contributed by atoms with E-state index in [9.17, 15) is 17.6 Å². The van der Waals surface area contributed by atoms with Crippen molar-refractivity contribution in [1.29, 1.82) is 5.26 Å². The van der Waals surface area contributed by atoms with Crippen LogP contribution in [0.5, 0.6) is 5.75 Å². The summed E-state index contributed by atoms with van der Waals surface area (Å²) >= 11 is 0. The summed E-state index contributed by atoms with van der Waals surface area (Å²) in [6, 6.07) is 20.0. The molecule has 184 valence electrons. The average molecular weight is 508 g/mol. The normalized spacial score (nSPS) is 12.1. The lowest BCUT2D eigenvalue weighted by Crippen LogP contribution is -2.44. The molecule has 2 N–H and O–H groups in total. The van der Waals surface area contributed by atoms with Crippen molar-refractivity contribution in [3.05, 3.63) is 95.3 Å². The molecule has 0 saturated heterocycles. The predicted octanol–water partition coefficient (Wildman–Crippen LogP) is 4.01. The van der Waals surface area contributed by atoms with Crippen LogP contribution in [0.25, 0.3) is 11.0 Å². The Morgan fingerprint density at radius 2 is 1.86 bits per heavy atom. The first-order chi connectivity index (χ1) is 17.2. The summed E-state index contributed by atoms with van der Waals surface area (Å²) in [4.78, 5) is 12.5. The number of nitriles is 1. The number of furan rings is 1. The fraction of sp³-hybridized carbons (Fsp3) is 0.154. The molecular weight excluding hydrogens is 485 g/mol. The van der Waals surface area contributed by atoms with Crippen LogP contribution in [0, 0.1) is 17.1 Å². The van der Waals surface area contributed by atoms with E-state index >= 15 is 0 Å². The van der Waals surface area contributed by atoms with Crippen LogP contribution in [0.15, 0.2) is 82.3 Å². The predicted molar refractivity (Wildman–Crippen MR) is 130 cm³/mol. The third-order valence-corrected chi connectivity index (χ3v) is 6.69. The van der Waals surface area contributed by atoms with Crippen molar-refractivity contribution in [2.24, 2.45) is 0 Å². The third-order valence-electron chi connectivity index (χ3n) is 5.30. The van der Waals surface area contributed by atoms with Gasteiger partial charge in [0, 0.05) is 18.0 Å². The summed E-state index contributed by atoms with van der Waals surface area (Å²) in [5, 5.41) is 11.5. The van der Waals surface area contributed by atoms with E-state index in [1.807, 2.05) is 12.1 Å². The minimum absolute atomic E-state index is 0.156. The number of nitrogens with zero attached hydrogens (tertiary/aromatic N) is 1. The van der Waals surface area contributed by atoms with E-state index in [4.69, 9.17) is 14.4 Å². The van der Waals surface area contributed by atoms with Gasteiger partial charge in [0.15, 0.2) is 0 Å². The first-order valence-electron chi connectivity index (χ1n) is 10.9. The standard InChI is InChI=1S/C26H22FN3O5S/c1-17(30-36(32,33)25-13-21-12-22(27)9-10-24(21)35-25)26(31)29-15-20-3-2-4-23(11-20)34-16-19-7-5-18(14-28)6-8-19/h2-13,17,30H,15-16H2,1H3,(H,29,31)/t17-/m0/s1. The zero-order valence-electron chi connectivity index (χ0n) is 19.2. The summed E-state index contributed by atoms with van der Waals surface area (Å²) in [5.41, 5.74) is 2.45. The number of rotatable bonds is 9. The minimum atomic E-state index is -4.14. The van der Waals surface area contributed by atoms with Crippen molar-refractivity contribution < 1.29 is 26.8 Å². The molecule has 0 aliphatic carbocycles. The molecule has 1 amide bonds. The van der Waals surface area contributed by atoms with Crippen molar-refractivity contribution >= 4 is 26.9 Å². The molecule has 4 rings (SSSR count). The summed E-state index contributed by atoms with van der Waals surface area (Å²) in [5.74, 6) is -0.456. The highest BCUT2D eigenvalue weighted by Gasteiger charge is 2.25. The zero-order chi connectivity index (χ0) is 25.7. The molecule has 1 atom stereocenters. The van der Waals surface area contributed by atoms with E-state index in [1.54, 1.807) is 36.4 Å². The monoisotopic (exact) mass is 507 g/mol. The van der Waals surface area contributed by atoms with Crippen LogP contribution in [0.3, 0.4) is 0 Å². The second-order valence-corrected chi connectivity index (χ2v) is 9.70. The van der Waals surface area contributed by atoms with E-state index in [0.29, 0.717) is 23.3 Å². The maximum absolute atomic E-state index is 13.4. The molecule has 0 saturated carbocycles. The number of carbonyl (C=O) groups excluding carboxylic acids is 1. The number of sulfonamides is 1. The number of nitrogens with one attached hydrogen (secondary N) is 2. The van der Waals surface area contributed by atoms with Gasteiger partial charge < -0.3 is 14.5 Å². The molecule has 0 spiro atoms. The van der Waals surface area contributed by atoms with Crippen LogP contribution < -0.4 is 14.8 Å². The Bertz CT molecular complexity index is 1540. The van der Waals surface area contributed by atoms with Crippen molar-refractivity contribution in [3.63, 3.8) is 0 Å². The smallest absolute Gasteiger partial charge is 0.274 e. The van der Waals surface area contributed by atoms with Crippen LogP contribution in [0.2, 0.25) is 0 Å². The molecule has 1 aromatic heterocycles. The molecule has 1 heterocycles. The highest BCUT2D eigenvalue weighted by atomic mass is 32.2. The summed E-state index contributed by atoms with van der Waals surface area (Å²) in [7, 11) is -4.14. The van der Waals surface area contributed by atoms with Crippen molar-refractivity contribution in [2.75, 3.05) is 0 Å². The number of carbonyl (C=O) groups is 1. The lowest BCUT2D eigenvalue weighted by molar-refractivity contribution is -0.122. The Hall–Kier alpha value is -4.20. The minimum Gasteiger partial charge on any atom is -0.489 e. The quantitative estimate of drug-likeness (QED) is 0.353. The van der Waals surface area contributed by atoms with Gasteiger partial charge in [-0.1, -0.05) is 24.3 Å². The molecule has 0 radical (unpaired) electrons. The molecule has 8 nitrogen and oxygen atoms in total. The van der Waals surface area contributed by atoms with E-state index in [-0.39, 0.29) is 12.1 Å². The van der Waals surface area contributed by atoms with Crippen LogP contribution in [0.4, 0.5) is 4.39 Å². The van der Waals surface area contributed by atoms with Gasteiger partial charge in [-0.2, -0.15) is 9.98 Å². The van der Waals surface area contributed by atoms with E-state index in [2.05, 4.69) is 16.1 Å². The number of benzene rings is 3. The Balaban J connectivity index is 1.32. The molecule has 3 aromatic carbocycles. The number of ether oxygens (including phenoxy) is 1. The Morgan fingerprint density at radius 3 is 2.61 bits per heavy atom. The molecule has 4 aromatic rings. The largest absolute Gasteiger partial charge is 0.489 e. The molecule has 0 bridgehead atoms. The van der Waals surface area contributed by atoms with Gasteiger partial charge in [0.25, 0.3) is 10.0 Å². The van der Waals surface area contributed by atoms with Crippen molar-refractivity contribution in [1.82, 2.24) is 10.0 Å². The second kappa shape index (κ2) is 10.6. The summed E-state index contributed by atoms with van der Waals surface area (Å²) in [6.45, 7) is 1.88. The number of fused-ring (bicyclic) bond motifs is 1. The van der Waals surface area contributed by atoms with Crippen LogP contribution in [-0.2, 0) is 28.0 Å². The van der Waals surface area contributed by atoms with Crippen molar-refractivity contribution in [2.45, 2.75) is 31.2 Å². The zero-order valence-corrected chi connectivity index (χ0v) is 20.0. The van der Waals surface area contributed by atoms with Gasteiger partial charge in [0.1, 0.15) is 23.8 Å². The van der Waals surface area contributed by atoms with Crippen molar-refractivity contribution in [3.8, 4) is 11.8 Å². The molecule has 0 unspecified atom stereocenters. The second-order valence-electron chi connectivity index (χ2n) is 8.05. The average Bonchev–Trinajstić information content (AvgIpc) is 3.30. The number of halogens is 1. The third kappa shape index (κ3) is 6.07. The molecule has 10 heteroatoms. The Morgan fingerprint density at radius 1 is 1.08 bits per heavy atom. The molecule has 0 aliphatic heterocycles. The van der Waals surface area contributed by atoms with Crippen LogP contribution >= 0.6 is 0 Å². The van der Waals surface area contributed by atoms with Gasteiger partial charge in [-0.3, -0.25) is 4.79 Å². The lowest BCUT2D eigenvalue weighted by atomic mass is 10.1. The lowest BCUT2D eigenvalue weighted by Gasteiger charge is -2.14. The van der Waals surface area contributed by atoms with E-state index in [1.165, 1.54) is 25.1 Å². The maximum Gasteiger partial charge on any atom is 0.274 e. The molecule has 36 heavy (non-hydrogen) atoms. The molecule has 0 aliphatic rings. The number of amides is 1. The number of hydrogen-bond acceptors (Lipinski definition) is 6. The SMILES string of the molecule is C[C@H](NS(=O)(=O)c1cc2cc(F)ccc2o1)C(=O)NCc1cccc(OCc2ccc(C#N)cc2)c1. The maximum atomic E-state index is 13.4. The Labute approximate surface area is 207 Å². The first-order valence-corrected chi connectivity index (χ1v) is 12.4. The first kappa shape index (κ1) is 24.9. The highest BCUT2D eigenvalue weighted by Crippen LogP contribution is 2.23. The Kier molecular flexibility index (Phi) is 7.33. The van der Waals surface area contributed by atoms with Gasteiger partial charge in [0.2, 0.25) is 11.0 Å². The van der Waals surface area contributed by atoms with E-state index in [0.717, 1.165) is 17.2 Å². The summed E-state index contributed by atoms with van der Waals surface area (Å²) < 4.78 is 52.0. The molecular formula is C26H22FN3O5S. The topological polar surface area (TPSA) is 121 Å². The van der Waals surface area contributed by atoms with Gasteiger partial charge in [-0.05, 0) is 60.5 Å².